The maximum absolute atomic E-state index is 4.81. The van der Waals surface area contributed by atoms with E-state index in [0.717, 1.165) is 0 Å². The van der Waals surface area contributed by atoms with Crippen molar-refractivity contribution in [2.75, 3.05) is 0 Å². The van der Waals surface area contributed by atoms with E-state index in [1.165, 1.54) is 44.5 Å². The Bertz CT molecular complexity index is 732. The van der Waals surface area contributed by atoms with Crippen LogP contribution in [0.5, 0.6) is 0 Å². The molecule has 0 spiro atoms. The fraction of sp³-hybridized carbons (Fsp3) is 0.429. The van der Waals surface area contributed by atoms with Crippen LogP contribution in [0.15, 0.2) is 24.3 Å². The molecule has 0 aliphatic heterocycles. The molecule has 0 heterocycles. The first-order chi connectivity index (χ1) is 15.6. The van der Waals surface area contributed by atoms with Crippen molar-refractivity contribution in [2.45, 2.75) is 46.9 Å². The Kier molecular flexibility index (Phi) is 25.8. The first-order valence-corrected chi connectivity index (χ1v) is 21.4. The van der Waals surface area contributed by atoms with Crippen molar-refractivity contribution in [3.63, 3.8) is 0 Å². The maximum atomic E-state index is 4.81. The highest BCUT2D eigenvalue weighted by atomic mass is 80.9. The minimum atomic E-state index is -0.750. The lowest BCUT2D eigenvalue weighted by Gasteiger charge is -2.20. The fourth-order valence-electron chi connectivity index (χ4n) is 2.53. The van der Waals surface area contributed by atoms with Crippen molar-refractivity contribution in [1.82, 2.24) is 0 Å². The Balaban J connectivity index is 0. The van der Waals surface area contributed by atoms with Crippen molar-refractivity contribution in [1.29, 1.82) is 0 Å². The van der Waals surface area contributed by atoms with Gasteiger partial charge in [-0.3, -0.25) is 0 Å². The summed E-state index contributed by atoms with van der Waals surface area (Å²) in [6.07, 6.45) is 0. The van der Waals surface area contributed by atoms with Gasteiger partial charge in [0.1, 0.15) is 0 Å². The third-order valence-corrected chi connectivity index (χ3v) is 8.29. The number of rotatable bonds is 4. The predicted molar refractivity (Wildman–Crippen MR) is 193 cm³/mol. The van der Waals surface area contributed by atoms with Crippen LogP contribution in [0.2, 0.25) is 0 Å². The highest BCUT2D eigenvalue weighted by molar-refractivity contribution is 9.93. The third-order valence-electron chi connectivity index (χ3n) is 4.34. The van der Waals surface area contributed by atoms with Crippen LogP contribution in [0, 0.1) is 27.7 Å². The summed E-state index contributed by atoms with van der Waals surface area (Å²) >= 11 is 48.5. The molecule has 0 nitrogen and oxygen atoms in total. The monoisotopic (exact) mass is 1170 g/mol. The first kappa shape index (κ1) is 40.2. The zero-order valence-electron chi connectivity index (χ0n) is 18.1. The standard InChI is InChI=1S/C10H6Br8.C10H14.CHCl3.Br2/c11-7(12)3-1-4(8(13)14)6(10(17)18)2-5(3)9(15)16;1-7-5-9(3)10(4)6-8(7)2;2-1(3)4;1-2/h1-2,7-10H;5-6H,1-4H3;1H;. The van der Waals surface area contributed by atoms with Crippen LogP contribution in [0.3, 0.4) is 0 Å². The second kappa shape index (κ2) is 21.8. The zero-order chi connectivity index (χ0) is 27.3. The van der Waals surface area contributed by atoms with Crippen LogP contribution in [0.25, 0.3) is 0 Å². The van der Waals surface area contributed by atoms with Crippen LogP contribution in [-0.2, 0) is 0 Å². The van der Waals surface area contributed by atoms with Gasteiger partial charge in [-0.05, 0) is 72.2 Å². The van der Waals surface area contributed by atoms with Gasteiger partial charge in [-0.15, -0.1) is 0 Å². The lowest BCUT2D eigenvalue weighted by Crippen LogP contribution is -2.00. The average molecular weight is 1180 g/mol. The summed E-state index contributed by atoms with van der Waals surface area (Å²) in [6, 6.07) is 8.81. The van der Waals surface area contributed by atoms with E-state index in [9.17, 15) is 0 Å². The van der Waals surface area contributed by atoms with E-state index in [1.807, 2.05) is 0 Å². The minimum Gasteiger partial charge on any atom is -0.0874 e. The molecule has 0 aliphatic rings. The molecule has 2 aromatic carbocycles. The lowest BCUT2D eigenvalue weighted by molar-refractivity contribution is 1.19. The van der Waals surface area contributed by atoms with Crippen LogP contribution < -0.4 is 0 Å². The quantitative estimate of drug-likeness (QED) is 0.268. The van der Waals surface area contributed by atoms with Crippen LogP contribution in [0.4, 0.5) is 0 Å². The predicted octanol–water partition coefficient (Wildman–Crippen LogP) is 15.4. The Morgan fingerprint density at radius 2 is 0.588 bits per heavy atom. The van der Waals surface area contributed by atoms with E-state index in [2.05, 4.69) is 208 Å². The zero-order valence-corrected chi connectivity index (χ0v) is 36.2. The van der Waals surface area contributed by atoms with Crippen molar-refractivity contribution in [3.05, 3.63) is 68.8 Å². The van der Waals surface area contributed by atoms with Crippen molar-refractivity contribution < 1.29 is 0 Å². The number of aryl methyl sites for hydroxylation is 4. The molecule has 0 saturated heterocycles. The van der Waals surface area contributed by atoms with Crippen molar-refractivity contribution in [3.8, 4) is 0 Å². The van der Waals surface area contributed by atoms with E-state index in [4.69, 9.17) is 34.8 Å². The molecule has 34 heavy (non-hydrogen) atoms. The van der Waals surface area contributed by atoms with Gasteiger partial charge in [-0.1, -0.05) is 187 Å². The molecule has 13 heteroatoms. The third kappa shape index (κ3) is 16.4. The second-order valence-corrected chi connectivity index (χ2v) is 20.8. The van der Waals surface area contributed by atoms with Gasteiger partial charge in [0.25, 0.3) is 0 Å². The summed E-state index contributed by atoms with van der Waals surface area (Å²) < 4.78 is -0.331. The molecule has 0 N–H and O–H groups in total. The van der Waals surface area contributed by atoms with Crippen LogP contribution in [0.1, 0.15) is 59.5 Å². The largest absolute Gasteiger partial charge is 0.180 e. The SMILES string of the molecule is BrBr.BrC(Br)c1cc(C(Br)Br)c(C(Br)Br)cc1C(Br)Br.Cc1cc(C)c(C)cc1C.ClC(Cl)Cl. The normalized spacial score (nSPS) is 10.6. The summed E-state index contributed by atoms with van der Waals surface area (Å²) in [4.78, 5) is 0. The highest BCUT2D eigenvalue weighted by Gasteiger charge is 2.22. The molecule has 0 fully saturated rings. The Morgan fingerprint density at radius 1 is 0.441 bits per heavy atom. The van der Waals surface area contributed by atoms with E-state index in [1.54, 1.807) is 0 Å². The van der Waals surface area contributed by atoms with Gasteiger partial charge in [-0.25, -0.2) is 0 Å². The molecule has 0 radical (unpaired) electrons. The summed E-state index contributed by atoms with van der Waals surface area (Å²) in [5.74, 6) is 0. The van der Waals surface area contributed by atoms with Gasteiger partial charge < -0.3 is 0 Å². The van der Waals surface area contributed by atoms with Gasteiger partial charge in [0.05, 0.1) is 14.9 Å². The van der Waals surface area contributed by atoms with E-state index in [-0.39, 0.29) is 14.9 Å². The van der Waals surface area contributed by atoms with Gasteiger partial charge in [0.15, 0.2) is 4.30 Å². The Morgan fingerprint density at radius 3 is 0.706 bits per heavy atom. The average Bonchev–Trinajstić information content (AvgIpc) is 2.72. The number of benzene rings is 2. The van der Waals surface area contributed by atoms with E-state index in [0.29, 0.717) is 0 Å². The Hall–Kier alpha value is 4.11. The molecule has 196 valence electrons. The molecule has 0 atom stereocenters. The number of hydrogen-bond donors (Lipinski definition) is 0. The maximum Gasteiger partial charge on any atom is 0.180 e. The molecule has 2 aromatic rings. The molecule has 0 aliphatic carbocycles. The van der Waals surface area contributed by atoms with Gasteiger partial charge >= 0.3 is 0 Å². The molecule has 0 unspecified atom stereocenters. The molecule has 0 bridgehead atoms. The molecule has 0 aromatic heterocycles. The van der Waals surface area contributed by atoms with Gasteiger partial charge in [0, 0.05) is 28.3 Å². The number of alkyl halides is 11. The van der Waals surface area contributed by atoms with Gasteiger partial charge in [-0.2, -0.15) is 0 Å². The van der Waals surface area contributed by atoms with E-state index >= 15 is 0 Å². The molecule has 2 rings (SSSR count). The summed E-state index contributed by atoms with van der Waals surface area (Å²) in [6.45, 7) is 8.62. The molecule has 0 saturated carbocycles. The van der Waals surface area contributed by atoms with Crippen LogP contribution >= 0.6 is 190 Å². The van der Waals surface area contributed by atoms with Crippen LogP contribution in [-0.4, -0.2) is 4.30 Å². The smallest absolute Gasteiger partial charge is 0.0874 e. The van der Waals surface area contributed by atoms with E-state index < -0.39 is 4.30 Å². The summed E-state index contributed by atoms with van der Waals surface area (Å²) in [5.41, 5.74) is 10.3. The molecular weight excluding hydrogens is 1160 g/mol. The molecular formula is C21H21Br10Cl3. The first-order valence-electron chi connectivity index (χ1n) is 9.01. The number of hydrogen-bond acceptors (Lipinski definition) is 0. The number of halogens is 13. The van der Waals surface area contributed by atoms with Crippen molar-refractivity contribution in [2.24, 2.45) is 0 Å². The van der Waals surface area contributed by atoms with Crippen molar-refractivity contribution >= 4 is 190 Å². The molecule has 0 amide bonds. The topological polar surface area (TPSA) is 0 Å². The summed E-state index contributed by atoms with van der Waals surface area (Å²) in [5, 5.41) is 0. The summed E-state index contributed by atoms with van der Waals surface area (Å²) in [7, 11) is 0. The second-order valence-electron chi connectivity index (χ2n) is 6.58. The fourth-order valence-corrected chi connectivity index (χ4v) is 5.70. The van der Waals surface area contributed by atoms with Gasteiger partial charge in [0.2, 0.25) is 0 Å². The Labute approximate surface area is 301 Å². The highest BCUT2D eigenvalue weighted by Crippen LogP contribution is 2.47. The lowest BCUT2D eigenvalue weighted by atomic mass is 10.0. The minimum absolute atomic E-state index is 0.105.